The lowest BCUT2D eigenvalue weighted by Crippen LogP contribution is -2.23. The maximum atomic E-state index is 6.20. The van der Waals surface area contributed by atoms with Gasteiger partial charge >= 0.3 is 0 Å². The van der Waals surface area contributed by atoms with Crippen LogP contribution in [0.25, 0.3) is 10.9 Å². The van der Waals surface area contributed by atoms with Gasteiger partial charge in [-0.1, -0.05) is 17.7 Å². The third kappa shape index (κ3) is 3.29. The number of ether oxygens (including phenoxy) is 2. The zero-order valence-electron chi connectivity index (χ0n) is 11.7. The summed E-state index contributed by atoms with van der Waals surface area (Å²) in [6.07, 6.45) is 0. The number of pyridine rings is 1. The Morgan fingerprint density at radius 3 is 2.63 bits per heavy atom. The van der Waals surface area contributed by atoms with Crippen LogP contribution in [-0.4, -0.2) is 17.2 Å². The van der Waals surface area contributed by atoms with Gasteiger partial charge in [0.25, 0.3) is 0 Å². The molecule has 2 rings (SSSR count). The van der Waals surface area contributed by atoms with Crippen LogP contribution in [0.3, 0.4) is 0 Å². The van der Waals surface area contributed by atoms with Gasteiger partial charge < -0.3 is 9.47 Å². The van der Waals surface area contributed by atoms with E-state index >= 15 is 0 Å². The van der Waals surface area contributed by atoms with Gasteiger partial charge in [0.15, 0.2) is 0 Å². The van der Waals surface area contributed by atoms with E-state index in [1.807, 2.05) is 52.0 Å². The number of hydrogen-bond donors (Lipinski definition) is 0. The van der Waals surface area contributed by atoms with E-state index in [0.29, 0.717) is 23.0 Å². The van der Waals surface area contributed by atoms with Gasteiger partial charge in [0, 0.05) is 11.5 Å². The largest absolute Gasteiger partial charge is 0.487 e. The highest BCUT2D eigenvalue weighted by Gasteiger charge is 2.16. The van der Waals surface area contributed by atoms with Crippen LogP contribution in [-0.2, 0) is 0 Å². The van der Waals surface area contributed by atoms with Gasteiger partial charge in [0.2, 0.25) is 5.88 Å². The lowest BCUT2D eigenvalue weighted by molar-refractivity contribution is 0.132. The zero-order chi connectivity index (χ0) is 14.0. The van der Waals surface area contributed by atoms with E-state index in [0.717, 1.165) is 11.1 Å². The molecule has 102 valence electrons. The molecule has 4 heteroatoms. The van der Waals surface area contributed by atoms with Crippen LogP contribution in [0, 0.1) is 0 Å². The van der Waals surface area contributed by atoms with Crippen molar-refractivity contribution in [3.8, 4) is 11.6 Å². The number of halogens is 1. The Morgan fingerprint density at radius 1 is 1.26 bits per heavy atom. The monoisotopic (exact) mass is 279 g/mol. The Bertz CT molecular complexity index is 590. The lowest BCUT2D eigenvalue weighted by atomic mass is 10.1. The topological polar surface area (TPSA) is 31.4 Å². The van der Waals surface area contributed by atoms with Crippen LogP contribution in [0.1, 0.15) is 27.7 Å². The van der Waals surface area contributed by atoms with Gasteiger partial charge in [-0.25, -0.2) is 4.98 Å². The third-order valence-electron chi connectivity index (χ3n) is 2.44. The number of fused-ring (bicyclic) bond motifs is 1. The fraction of sp³-hybridized carbons (Fsp3) is 0.400. The average molecular weight is 280 g/mol. The van der Waals surface area contributed by atoms with E-state index < -0.39 is 0 Å². The molecule has 0 aliphatic rings. The summed E-state index contributed by atoms with van der Waals surface area (Å²) < 4.78 is 11.5. The van der Waals surface area contributed by atoms with Gasteiger partial charge in [-0.05, 0) is 39.8 Å². The minimum Gasteiger partial charge on any atom is -0.487 e. The van der Waals surface area contributed by atoms with Gasteiger partial charge in [-0.3, -0.25) is 0 Å². The smallest absolute Gasteiger partial charge is 0.217 e. The summed E-state index contributed by atoms with van der Waals surface area (Å²) in [5.41, 5.74) is 0.412. The molecule has 0 saturated carbocycles. The van der Waals surface area contributed by atoms with Crippen molar-refractivity contribution in [2.24, 2.45) is 0 Å². The Morgan fingerprint density at radius 2 is 2.00 bits per heavy atom. The van der Waals surface area contributed by atoms with E-state index in [2.05, 4.69) is 4.98 Å². The molecule has 0 unspecified atom stereocenters. The lowest BCUT2D eigenvalue weighted by Gasteiger charge is -2.22. The third-order valence-corrected chi connectivity index (χ3v) is 2.74. The van der Waals surface area contributed by atoms with Crippen molar-refractivity contribution in [2.45, 2.75) is 33.3 Å². The Balaban J connectivity index is 2.62. The predicted molar refractivity (Wildman–Crippen MR) is 78.3 cm³/mol. The van der Waals surface area contributed by atoms with E-state index in [1.165, 1.54) is 0 Å². The number of aromatic nitrogens is 1. The molecule has 19 heavy (non-hydrogen) atoms. The first-order chi connectivity index (χ1) is 8.90. The first-order valence-electron chi connectivity index (χ1n) is 6.32. The van der Waals surface area contributed by atoms with Crippen molar-refractivity contribution >= 4 is 22.5 Å². The predicted octanol–water partition coefficient (Wildman–Crippen LogP) is 4.46. The summed E-state index contributed by atoms with van der Waals surface area (Å²) in [5.74, 6) is 1.27. The van der Waals surface area contributed by atoms with Gasteiger partial charge in [0.05, 0.1) is 17.1 Å². The van der Waals surface area contributed by atoms with E-state index in [1.54, 1.807) is 0 Å². The van der Waals surface area contributed by atoms with Crippen molar-refractivity contribution < 1.29 is 9.47 Å². The van der Waals surface area contributed by atoms with Crippen LogP contribution in [0.5, 0.6) is 11.6 Å². The Kier molecular flexibility index (Phi) is 3.85. The zero-order valence-corrected chi connectivity index (χ0v) is 12.4. The Labute approximate surface area is 118 Å². The molecule has 0 amide bonds. The van der Waals surface area contributed by atoms with Gasteiger partial charge in [-0.15, -0.1) is 0 Å². The Hall–Kier alpha value is -1.48. The molecule has 0 bridgehead atoms. The molecule has 0 spiro atoms. The average Bonchev–Trinajstić information content (AvgIpc) is 2.29. The first-order valence-corrected chi connectivity index (χ1v) is 6.69. The van der Waals surface area contributed by atoms with Crippen molar-refractivity contribution in [2.75, 3.05) is 6.61 Å². The van der Waals surface area contributed by atoms with Crippen molar-refractivity contribution in [1.29, 1.82) is 0 Å². The second-order valence-corrected chi connectivity index (χ2v) is 5.65. The number of nitrogens with zero attached hydrogens (tertiary/aromatic N) is 1. The maximum absolute atomic E-state index is 6.20. The molecular weight excluding hydrogens is 262 g/mol. The minimum absolute atomic E-state index is 0.292. The summed E-state index contributed by atoms with van der Waals surface area (Å²) in [4.78, 5) is 4.42. The molecule has 1 aromatic heterocycles. The second kappa shape index (κ2) is 5.25. The number of benzene rings is 1. The van der Waals surface area contributed by atoms with Crippen molar-refractivity contribution in [3.05, 3.63) is 29.3 Å². The van der Waals surface area contributed by atoms with Crippen LogP contribution >= 0.6 is 11.6 Å². The number of para-hydroxylation sites is 1. The fourth-order valence-electron chi connectivity index (χ4n) is 1.80. The molecule has 3 nitrogen and oxygen atoms in total. The molecule has 1 heterocycles. The fourth-order valence-corrected chi connectivity index (χ4v) is 2.01. The van der Waals surface area contributed by atoms with Crippen molar-refractivity contribution in [1.82, 2.24) is 4.98 Å². The maximum Gasteiger partial charge on any atom is 0.217 e. The SMILES string of the molecule is CCOc1cc(OC(C)(C)C)c2cccc(Cl)c2n1. The number of hydrogen-bond acceptors (Lipinski definition) is 3. The van der Waals surface area contributed by atoms with Crippen LogP contribution in [0.4, 0.5) is 0 Å². The highest BCUT2D eigenvalue weighted by atomic mass is 35.5. The van der Waals surface area contributed by atoms with Crippen LogP contribution < -0.4 is 9.47 Å². The molecule has 0 aliphatic carbocycles. The molecule has 0 fully saturated rings. The molecule has 0 aliphatic heterocycles. The van der Waals surface area contributed by atoms with Gasteiger partial charge in [0.1, 0.15) is 11.4 Å². The molecule has 2 aromatic rings. The second-order valence-electron chi connectivity index (χ2n) is 5.24. The van der Waals surface area contributed by atoms with Gasteiger partial charge in [-0.2, -0.15) is 0 Å². The molecule has 0 atom stereocenters. The molecule has 0 N–H and O–H groups in total. The van der Waals surface area contributed by atoms with Crippen LogP contribution in [0.15, 0.2) is 24.3 Å². The van der Waals surface area contributed by atoms with Crippen molar-refractivity contribution in [3.63, 3.8) is 0 Å². The molecule has 0 saturated heterocycles. The van der Waals surface area contributed by atoms with E-state index in [9.17, 15) is 0 Å². The molecular formula is C15H18ClNO2. The molecule has 1 aromatic carbocycles. The van der Waals surface area contributed by atoms with E-state index in [4.69, 9.17) is 21.1 Å². The minimum atomic E-state index is -0.292. The van der Waals surface area contributed by atoms with E-state index in [-0.39, 0.29) is 5.60 Å². The molecule has 0 radical (unpaired) electrons. The number of rotatable bonds is 3. The summed E-state index contributed by atoms with van der Waals surface area (Å²) in [7, 11) is 0. The highest BCUT2D eigenvalue weighted by molar-refractivity contribution is 6.35. The van der Waals surface area contributed by atoms with Crippen LogP contribution in [0.2, 0.25) is 5.02 Å². The summed E-state index contributed by atoms with van der Waals surface area (Å²) in [6.45, 7) is 8.49. The summed E-state index contributed by atoms with van der Waals surface area (Å²) in [5, 5.41) is 1.49. The highest BCUT2D eigenvalue weighted by Crippen LogP contribution is 2.34. The quantitative estimate of drug-likeness (QED) is 0.831. The standard InChI is InChI=1S/C15H18ClNO2/c1-5-18-13-9-12(19-15(2,3)4)10-7-6-8-11(16)14(10)17-13/h6-9H,5H2,1-4H3. The summed E-state index contributed by atoms with van der Waals surface area (Å²) >= 11 is 6.20. The summed E-state index contributed by atoms with van der Waals surface area (Å²) in [6, 6.07) is 7.47. The normalized spacial score (nSPS) is 11.6. The first kappa shape index (κ1) is 13.9.